The second kappa shape index (κ2) is 11.3. The summed E-state index contributed by atoms with van der Waals surface area (Å²) >= 11 is 0. The van der Waals surface area contributed by atoms with Crippen molar-refractivity contribution in [3.8, 4) is 5.75 Å². The summed E-state index contributed by atoms with van der Waals surface area (Å²) in [7, 11) is 2.81. The van der Waals surface area contributed by atoms with Crippen molar-refractivity contribution >= 4 is 34.5 Å². The molecule has 4 rings (SSSR count). The summed E-state index contributed by atoms with van der Waals surface area (Å²) in [5.41, 5.74) is 1.82. The summed E-state index contributed by atoms with van der Waals surface area (Å²) in [5, 5.41) is 11.3. The second-order valence-electron chi connectivity index (χ2n) is 9.96. The van der Waals surface area contributed by atoms with Gasteiger partial charge in [-0.1, -0.05) is 35.5 Å². The van der Waals surface area contributed by atoms with Crippen LogP contribution in [-0.2, 0) is 20.9 Å². The molecule has 0 saturated carbocycles. The average Bonchev–Trinajstić information content (AvgIpc) is 3.32. The number of nitrogens with one attached hydrogen (secondary N) is 1. The van der Waals surface area contributed by atoms with Crippen molar-refractivity contribution in [3.63, 3.8) is 0 Å². The predicted octanol–water partition coefficient (Wildman–Crippen LogP) is 3.92. The Morgan fingerprint density at radius 2 is 1.72 bits per heavy atom. The normalized spacial score (nSPS) is 12.0. The van der Waals surface area contributed by atoms with E-state index in [0.29, 0.717) is 28.0 Å². The smallest absolute Gasteiger partial charge is 0.337 e. The van der Waals surface area contributed by atoms with Gasteiger partial charge in [-0.3, -0.25) is 14.5 Å². The zero-order chi connectivity index (χ0) is 28.2. The van der Waals surface area contributed by atoms with Crippen LogP contribution in [0.4, 0.5) is 5.69 Å². The van der Waals surface area contributed by atoms with E-state index < -0.39 is 29.4 Å². The Morgan fingerprint density at radius 3 is 2.44 bits per heavy atom. The first-order chi connectivity index (χ1) is 18.6. The van der Waals surface area contributed by atoms with E-state index >= 15 is 0 Å². The van der Waals surface area contributed by atoms with E-state index in [2.05, 4.69) is 15.6 Å². The third kappa shape index (κ3) is 6.23. The molecule has 0 aliphatic carbocycles. The van der Waals surface area contributed by atoms with E-state index in [1.807, 2.05) is 39.0 Å². The number of esters is 1. The molecule has 0 spiro atoms. The van der Waals surface area contributed by atoms with Crippen LogP contribution in [0.25, 0.3) is 11.0 Å². The largest absolute Gasteiger partial charge is 0.497 e. The van der Waals surface area contributed by atoms with Crippen LogP contribution in [0, 0.1) is 0 Å². The summed E-state index contributed by atoms with van der Waals surface area (Å²) in [4.78, 5) is 41.8. The number of carbonyl (C=O) groups is 3. The number of anilines is 1. The molecule has 1 unspecified atom stereocenters. The fourth-order valence-electron chi connectivity index (χ4n) is 4.24. The lowest BCUT2D eigenvalue weighted by molar-refractivity contribution is -0.128. The Balaban J connectivity index is 1.88. The number of rotatable bonds is 8. The highest BCUT2D eigenvalue weighted by molar-refractivity contribution is 6.02. The number of fused-ring (bicyclic) bond motifs is 1. The molecule has 3 aromatic carbocycles. The van der Waals surface area contributed by atoms with Crippen LogP contribution in [-0.4, -0.2) is 52.5 Å². The molecule has 2 amide bonds. The summed E-state index contributed by atoms with van der Waals surface area (Å²) in [5.74, 6) is -0.886. The first-order valence-electron chi connectivity index (χ1n) is 12.4. The van der Waals surface area contributed by atoms with Crippen LogP contribution in [0.15, 0.2) is 72.8 Å². The molecule has 1 aromatic heterocycles. The van der Waals surface area contributed by atoms with Crippen LogP contribution < -0.4 is 15.0 Å². The molecule has 0 aliphatic rings. The molecular weight excluding hydrogens is 498 g/mol. The quantitative estimate of drug-likeness (QED) is 0.344. The van der Waals surface area contributed by atoms with Crippen LogP contribution in [0.1, 0.15) is 42.7 Å². The molecule has 0 aliphatic heterocycles. The Hall–Kier alpha value is -4.73. The van der Waals surface area contributed by atoms with Gasteiger partial charge in [0.15, 0.2) is 0 Å². The second-order valence-corrected chi connectivity index (χ2v) is 9.96. The molecule has 10 heteroatoms. The molecule has 0 fully saturated rings. The molecule has 1 N–H and O–H groups in total. The number of carbonyl (C=O) groups excluding carboxylic acids is 3. The van der Waals surface area contributed by atoms with Gasteiger partial charge < -0.3 is 14.8 Å². The number of aromatic nitrogens is 3. The number of amides is 2. The van der Waals surface area contributed by atoms with E-state index in [9.17, 15) is 14.4 Å². The van der Waals surface area contributed by atoms with Gasteiger partial charge in [0.1, 0.15) is 23.9 Å². The van der Waals surface area contributed by atoms with Crippen LogP contribution in [0.2, 0.25) is 0 Å². The highest BCUT2D eigenvalue weighted by atomic mass is 16.5. The topological polar surface area (TPSA) is 116 Å². The van der Waals surface area contributed by atoms with Crippen LogP contribution in [0.3, 0.4) is 0 Å². The summed E-state index contributed by atoms with van der Waals surface area (Å²) in [6.07, 6.45) is 0. The SMILES string of the molecule is COC(=O)c1cccc(N(C(=O)Cn2nnc3ccccc32)C(C(=O)NC(C)(C)C)c2cccc(OC)c2)c1. The molecule has 10 nitrogen and oxygen atoms in total. The first kappa shape index (κ1) is 27.3. The molecule has 0 bridgehead atoms. The average molecular weight is 530 g/mol. The fourth-order valence-corrected chi connectivity index (χ4v) is 4.24. The van der Waals surface area contributed by atoms with Gasteiger partial charge in [-0.15, -0.1) is 5.10 Å². The molecular formula is C29H31N5O5. The van der Waals surface area contributed by atoms with Gasteiger partial charge in [0, 0.05) is 11.2 Å². The van der Waals surface area contributed by atoms with Crippen molar-refractivity contribution in [3.05, 3.63) is 83.9 Å². The Labute approximate surface area is 226 Å². The maximum atomic E-state index is 14.2. The van der Waals surface area contributed by atoms with Crippen molar-refractivity contribution < 1.29 is 23.9 Å². The summed E-state index contributed by atoms with van der Waals surface area (Å²) in [6, 6.07) is 19.6. The molecule has 202 valence electrons. The van der Waals surface area contributed by atoms with E-state index in [-0.39, 0.29) is 12.1 Å². The predicted molar refractivity (Wildman–Crippen MR) is 146 cm³/mol. The lowest BCUT2D eigenvalue weighted by atomic mass is 10.00. The number of ether oxygens (including phenoxy) is 2. The van der Waals surface area contributed by atoms with Gasteiger partial charge >= 0.3 is 5.97 Å². The number of nitrogens with zero attached hydrogens (tertiary/aromatic N) is 4. The van der Waals surface area contributed by atoms with Crippen LogP contribution in [0.5, 0.6) is 5.75 Å². The lowest BCUT2D eigenvalue weighted by Crippen LogP contribution is -2.50. The van der Waals surface area contributed by atoms with Gasteiger partial charge in [0.2, 0.25) is 11.8 Å². The molecule has 4 aromatic rings. The van der Waals surface area contributed by atoms with Crippen molar-refractivity contribution in [2.24, 2.45) is 0 Å². The van der Waals surface area contributed by atoms with E-state index in [1.165, 1.54) is 29.9 Å². The minimum Gasteiger partial charge on any atom is -0.497 e. The number of hydrogen-bond acceptors (Lipinski definition) is 7. The number of benzene rings is 3. The van der Waals surface area contributed by atoms with E-state index in [0.717, 1.165) is 0 Å². The van der Waals surface area contributed by atoms with Crippen molar-refractivity contribution in [2.75, 3.05) is 19.1 Å². The standard InChI is InChI=1S/C29H31N5O5/c1-29(2,3)30-27(36)26(19-10-9-13-22(17-19)38-4)34(21-12-8-11-20(16-21)28(37)39-5)25(35)18-33-24-15-7-6-14-23(24)31-32-33/h6-17,26H,18H2,1-5H3,(H,30,36). The monoisotopic (exact) mass is 529 g/mol. The Kier molecular flexibility index (Phi) is 7.94. The van der Waals surface area contributed by atoms with Gasteiger partial charge in [-0.2, -0.15) is 0 Å². The third-order valence-corrected chi connectivity index (χ3v) is 5.93. The zero-order valence-electron chi connectivity index (χ0n) is 22.5. The molecule has 39 heavy (non-hydrogen) atoms. The highest BCUT2D eigenvalue weighted by Crippen LogP contribution is 2.32. The molecule has 1 atom stereocenters. The van der Waals surface area contributed by atoms with Crippen molar-refractivity contribution in [2.45, 2.75) is 38.9 Å². The van der Waals surface area contributed by atoms with Gasteiger partial charge in [0.05, 0.1) is 25.3 Å². The molecule has 1 heterocycles. The maximum absolute atomic E-state index is 14.2. The van der Waals surface area contributed by atoms with Crippen molar-refractivity contribution in [1.29, 1.82) is 0 Å². The molecule has 0 saturated heterocycles. The fraction of sp³-hybridized carbons (Fsp3) is 0.276. The van der Waals surface area contributed by atoms with E-state index in [4.69, 9.17) is 9.47 Å². The summed E-state index contributed by atoms with van der Waals surface area (Å²) in [6.45, 7) is 5.38. The minimum absolute atomic E-state index is 0.202. The maximum Gasteiger partial charge on any atom is 0.337 e. The molecule has 0 radical (unpaired) electrons. The Morgan fingerprint density at radius 1 is 0.974 bits per heavy atom. The number of methoxy groups -OCH3 is 2. The van der Waals surface area contributed by atoms with Gasteiger partial charge in [0.25, 0.3) is 0 Å². The van der Waals surface area contributed by atoms with Gasteiger partial charge in [-0.05, 0) is 68.8 Å². The zero-order valence-corrected chi connectivity index (χ0v) is 22.5. The number of hydrogen-bond donors (Lipinski definition) is 1. The summed E-state index contributed by atoms with van der Waals surface area (Å²) < 4.78 is 11.8. The Bertz CT molecular complexity index is 1510. The number of para-hydroxylation sites is 1. The van der Waals surface area contributed by atoms with E-state index in [1.54, 1.807) is 48.5 Å². The third-order valence-electron chi connectivity index (χ3n) is 5.93. The highest BCUT2D eigenvalue weighted by Gasteiger charge is 2.35. The van der Waals surface area contributed by atoms with Gasteiger partial charge in [-0.25, -0.2) is 9.48 Å². The van der Waals surface area contributed by atoms with Crippen molar-refractivity contribution in [1.82, 2.24) is 20.3 Å². The first-order valence-corrected chi connectivity index (χ1v) is 12.4. The lowest BCUT2D eigenvalue weighted by Gasteiger charge is -2.34. The minimum atomic E-state index is -1.10. The van der Waals surface area contributed by atoms with Crippen LogP contribution >= 0.6 is 0 Å².